The molecule has 0 amide bonds. The van der Waals surface area contributed by atoms with Gasteiger partial charge in [0.25, 0.3) is 0 Å². The number of furan rings is 1. The van der Waals surface area contributed by atoms with Crippen molar-refractivity contribution in [3.63, 3.8) is 0 Å². The number of aromatic nitrogens is 2. The smallest absolute Gasteiger partial charge is 0.160 e. The second-order valence-electron chi connectivity index (χ2n) is 14.6. The van der Waals surface area contributed by atoms with Crippen LogP contribution in [0.25, 0.3) is 111 Å². The molecule has 2 heterocycles. The number of para-hydroxylation sites is 1. The zero-order chi connectivity index (χ0) is 37.7. The predicted molar refractivity (Wildman–Crippen MR) is 237 cm³/mol. The minimum absolute atomic E-state index is 0.639. The zero-order valence-corrected chi connectivity index (χ0v) is 30.9. The van der Waals surface area contributed by atoms with E-state index < -0.39 is 0 Å². The van der Waals surface area contributed by atoms with E-state index in [9.17, 15) is 0 Å². The van der Waals surface area contributed by atoms with Gasteiger partial charge in [0.2, 0.25) is 0 Å². The average molecular weight is 727 g/mol. The maximum atomic E-state index is 6.33. The average Bonchev–Trinajstić information content (AvgIpc) is 3.67. The van der Waals surface area contributed by atoms with Gasteiger partial charge in [-0.2, -0.15) is 0 Å². The minimum Gasteiger partial charge on any atom is -0.456 e. The van der Waals surface area contributed by atoms with E-state index >= 15 is 0 Å². The quantitative estimate of drug-likeness (QED) is 0.171. The molecule has 57 heavy (non-hydrogen) atoms. The molecule has 0 saturated heterocycles. The van der Waals surface area contributed by atoms with Gasteiger partial charge in [0.1, 0.15) is 11.2 Å². The van der Waals surface area contributed by atoms with Gasteiger partial charge in [0.15, 0.2) is 5.82 Å². The van der Waals surface area contributed by atoms with Crippen molar-refractivity contribution in [1.29, 1.82) is 0 Å². The maximum Gasteiger partial charge on any atom is 0.160 e. The van der Waals surface area contributed by atoms with E-state index in [0.29, 0.717) is 5.82 Å². The molecule has 0 unspecified atom stereocenters. The number of fused-ring (bicyclic) bond motifs is 5. The minimum atomic E-state index is 0.639. The Kier molecular flexibility index (Phi) is 7.82. The molecule has 2 aromatic heterocycles. The van der Waals surface area contributed by atoms with Crippen LogP contribution in [0.4, 0.5) is 0 Å². The first-order valence-electron chi connectivity index (χ1n) is 19.3. The number of benzene rings is 9. The fraction of sp³-hybridized carbons (Fsp3) is 0. The molecule has 0 aliphatic rings. The summed E-state index contributed by atoms with van der Waals surface area (Å²) in [5, 5.41) is 7.03. The van der Waals surface area contributed by atoms with Crippen LogP contribution >= 0.6 is 0 Å². The summed E-state index contributed by atoms with van der Waals surface area (Å²) in [6, 6.07) is 73.1. The van der Waals surface area contributed by atoms with Crippen molar-refractivity contribution >= 4 is 43.5 Å². The molecular weight excluding hydrogens is 693 g/mol. The largest absolute Gasteiger partial charge is 0.456 e. The molecule has 11 aromatic rings. The Hall–Kier alpha value is -7.62. The van der Waals surface area contributed by atoms with E-state index in [0.717, 1.165) is 77.8 Å². The van der Waals surface area contributed by atoms with E-state index in [1.165, 1.54) is 27.1 Å². The summed E-state index contributed by atoms with van der Waals surface area (Å²) in [5.41, 5.74) is 13.2. The second kappa shape index (κ2) is 13.6. The lowest BCUT2D eigenvalue weighted by Gasteiger charge is -2.14. The fourth-order valence-corrected chi connectivity index (χ4v) is 8.05. The molecule has 0 aliphatic carbocycles. The molecule has 0 bridgehead atoms. The van der Waals surface area contributed by atoms with Gasteiger partial charge in [-0.25, -0.2) is 9.97 Å². The monoisotopic (exact) mass is 726 g/mol. The maximum absolute atomic E-state index is 6.33. The molecule has 0 saturated carbocycles. The Morgan fingerprint density at radius 3 is 1.44 bits per heavy atom. The fourth-order valence-electron chi connectivity index (χ4n) is 8.05. The summed E-state index contributed by atoms with van der Waals surface area (Å²) in [6.45, 7) is 0. The molecule has 0 spiro atoms. The van der Waals surface area contributed by atoms with Crippen LogP contribution in [0.5, 0.6) is 0 Å². The summed E-state index contributed by atoms with van der Waals surface area (Å²) >= 11 is 0. The van der Waals surface area contributed by atoms with Crippen LogP contribution < -0.4 is 0 Å². The lowest BCUT2D eigenvalue weighted by molar-refractivity contribution is 0.669. The Morgan fingerprint density at radius 2 is 0.754 bits per heavy atom. The van der Waals surface area contributed by atoms with Crippen molar-refractivity contribution in [2.24, 2.45) is 0 Å². The first kappa shape index (κ1) is 32.8. The van der Waals surface area contributed by atoms with E-state index in [1.807, 2.05) is 24.3 Å². The number of rotatable bonds is 6. The van der Waals surface area contributed by atoms with Crippen molar-refractivity contribution in [3.05, 3.63) is 206 Å². The van der Waals surface area contributed by atoms with Crippen LogP contribution in [-0.4, -0.2) is 9.97 Å². The van der Waals surface area contributed by atoms with Crippen molar-refractivity contribution in [1.82, 2.24) is 9.97 Å². The Balaban J connectivity index is 1.11. The van der Waals surface area contributed by atoms with Gasteiger partial charge in [-0.05, 0) is 110 Å². The first-order chi connectivity index (χ1) is 28.2. The van der Waals surface area contributed by atoms with Crippen LogP contribution in [0.15, 0.2) is 211 Å². The highest BCUT2D eigenvalue weighted by Gasteiger charge is 2.16. The van der Waals surface area contributed by atoms with Gasteiger partial charge in [0, 0.05) is 27.5 Å². The van der Waals surface area contributed by atoms with E-state index in [1.54, 1.807) is 0 Å². The van der Waals surface area contributed by atoms with Crippen molar-refractivity contribution in [2.45, 2.75) is 0 Å². The topological polar surface area (TPSA) is 38.9 Å². The Labute approximate surface area is 330 Å². The van der Waals surface area contributed by atoms with Crippen molar-refractivity contribution in [3.8, 4) is 67.3 Å². The van der Waals surface area contributed by atoms with Crippen LogP contribution in [0.2, 0.25) is 0 Å². The van der Waals surface area contributed by atoms with Gasteiger partial charge >= 0.3 is 0 Å². The van der Waals surface area contributed by atoms with Crippen LogP contribution in [0.1, 0.15) is 0 Å². The normalized spacial score (nSPS) is 11.5. The van der Waals surface area contributed by atoms with E-state index in [2.05, 4.69) is 182 Å². The zero-order valence-electron chi connectivity index (χ0n) is 30.9. The molecule has 0 aliphatic heterocycles. The summed E-state index contributed by atoms with van der Waals surface area (Å²) < 4.78 is 6.33. The molecule has 0 atom stereocenters. The summed E-state index contributed by atoms with van der Waals surface area (Å²) in [4.78, 5) is 10.6. The predicted octanol–water partition coefficient (Wildman–Crippen LogP) is 14.7. The lowest BCUT2D eigenvalue weighted by atomic mass is 9.92. The van der Waals surface area contributed by atoms with Gasteiger partial charge in [-0.1, -0.05) is 152 Å². The third kappa shape index (κ3) is 6.12. The third-order valence-electron chi connectivity index (χ3n) is 11.0. The van der Waals surface area contributed by atoms with E-state index in [-0.39, 0.29) is 0 Å². The number of hydrogen-bond acceptors (Lipinski definition) is 3. The molecule has 0 fully saturated rings. The SMILES string of the molecule is c1ccc(-c2ccc(-c3cc(-c4cc(-c5ccc6ccccc6c5)cc(-c5ccc6ccccc6c5)c4)nc(-c4ccc5c(c4)oc4ccccc45)n3)cc2)cc1. The highest BCUT2D eigenvalue weighted by molar-refractivity contribution is 6.05. The van der Waals surface area contributed by atoms with E-state index in [4.69, 9.17) is 14.4 Å². The molecule has 9 aromatic carbocycles. The Morgan fingerprint density at radius 1 is 0.263 bits per heavy atom. The second-order valence-corrected chi connectivity index (χ2v) is 14.6. The highest BCUT2D eigenvalue weighted by atomic mass is 16.3. The third-order valence-corrected chi connectivity index (χ3v) is 11.0. The summed E-state index contributed by atoms with van der Waals surface area (Å²) in [6.07, 6.45) is 0. The Bertz CT molecular complexity index is 3190. The summed E-state index contributed by atoms with van der Waals surface area (Å²) in [7, 11) is 0. The van der Waals surface area contributed by atoms with Gasteiger partial charge in [-0.3, -0.25) is 0 Å². The molecule has 3 heteroatoms. The lowest BCUT2D eigenvalue weighted by Crippen LogP contribution is -1.97. The van der Waals surface area contributed by atoms with Crippen LogP contribution in [-0.2, 0) is 0 Å². The molecule has 0 radical (unpaired) electrons. The molecule has 266 valence electrons. The van der Waals surface area contributed by atoms with Crippen LogP contribution in [0, 0.1) is 0 Å². The van der Waals surface area contributed by atoms with Gasteiger partial charge < -0.3 is 4.42 Å². The molecule has 11 rings (SSSR count). The number of nitrogens with zero attached hydrogens (tertiary/aromatic N) is 2. The van der Waals surface area contributed by atoms with Gasteiger partial charge in [-0.15, -0.1) is 0 Å². The number of hydrogen-bond donors (Lipinski definition) is 0. The molecule has 0 N–H and O–H groups in total. The van der Waals surface area contributed by atoms with Crippen LogP contribution in [0.3, 0.4) is 0 Å². The highest BCUT2D eigenvalue weighted by Crippen LogP contribution is 2.38. The van der Waals surface area contributed by atoms with Crippen molar-refractivity contribution < 1.29 is 4.42 Å². The first-order valence-corrected chi connectivity index (χ1v) is 19.3. The molecule has 3 nitrogen and oxygen atoms in total. The summed E-state index contributed by atoms with van der Waals surface area (Å²) in [5.74, 6) is 0.639. The standard InChI is InChI=1S/C54H34N2O/c1-2-10-35(11-3-1)38-18-22-39(23-19-38)50-34-51(56-54(55-50)44-26-27-49-48-16-8-9-17-52(48)57-53(49)33-44)47-31-45(42-24-20-36-12-4-6-14-40(36)28-42)30-46(32-47)43-25-21-37-13-5-7-15-41(37)29-43/h1-34H. The van der Waals surface area contributed by atoms with Gasteiger partial charge in [0.05, 0.1) is 11.4 Å². The molecular formula is C54H34N2O. The van der Waals surface area contributed by atoms with Crippen molar-refractivity contribution in [2.75, 3.05) is 0 Å².